The van der Waals surface area contributed by atoms with Gasteiger partial charge in [0.2, 0.25) is 20.0 Å². The highest BCUT2D eigenvalue weighted by atomic mass is 32.3. The summed E-state index contributed by atoms with van der Waals surface area (Å²) < 4.78 is 125. The van der Waals surface area contributed by atoms with E-state index in [0.29, 0.717) is 0 Å². The summed E-state index contributed by atoms with van der Waals surface area (Å²) in [7, 11) is -21.6. The zero-order valence-corrected chi connectivity index (χ0v) is 19.7. The molecule has 0 aromatic rings. The van der Waals surface area contributed by atoms with Gasteiger partial charge in [0, 0.05) is 12.5 Å². The number of nitrogens with zero attached hydrogens (tertiary/aromatic N) is 2. The van der Waals surface area contributed by atoms with Crippen molar-refractivity contribution in [2.45, 2.75) is 0 Å². The molecular formula is C6H21N3O12S6. The molecule has 0 heterocycles. The Bertz CT molecular complexity index is 1050. The van der Waals surface area contributed by atoms with E-state index in [0.717, 1.165) is 37.5 Å². The molecule has 168 valence electrons. The molecule has 0 saturated heterocycles. The van der Waals surface area contributed by atoms with E-state index >= 15 is 0 Å². The van der Waals surface area contributed by atoms with Crippen molar-refractivity contribution in [1.82, 2.24) is 4.13 Å². The van der Waals surface area contributed by atoms with Crippen molar-refractivity contribution in [3.05, 3.63) is 0 Å². The third kappa shape index (κ3) is 46.0. The number of hydrogen-bond donors (Lipinski definition) is 3. The van der Waals surface area contributed by atoms with Gasteiger partial charge in [0.15, 0.2) is 20.0 Å². The average Bonchev–Trinajstić information content (AvgIpc) is 1.96. The minimum Gasteiger partial charge on any atom is -0.300 e. The van der Waals surface area contributed by atoms with Crippen molar-refractivity contribution >= 4 is 60.1 Å². The average molecular weight is 520 g/mol. The van der Waals surface area contributed by atoms with Crippen LogP contribution in [0.1, 0.15) is 0 Å². The lowest BCUT2D eigenvalue weighted by Crippen LogP contribution is -2.27. The first kappa shape index (κ1) is 31.3. The van der Waals surface area contributed by atoms with Gasteiger partial charge in [-0.25, -0.2) is 42.1 Å². The predicted molar refractivity (Wildman–Crippen MR) is 101 cm³/mol. The minimum atomic E-state index is -3.68. The fraction of sp³-hybridized carbons (Fsp3) is 1.00. The lowest BCUT2D eigenvalue weighted by atomic mass is 12.0. The lowest BCUT2D eigenvalue weighted by Gasteiger charge is -1.94. The summed E-state index contributed by atoms with van der Waals surface area (Å²) >= 11 is 0. The Morgan fingerprint density at radius 3 is 0.704 bits per heavy atom. The summed E-state index contributed by atoms with van der Waals surface area (Å²) in [5, 5.41) is 0. The van der Waals surface area contributed by atoms with Crippen molar-refractivity contribution < 1.29 is 51.2 Å². The molecule has 0 bridgehead atoms. The highest BCUT2D eigenvalue weighted by Gasteiger charge is 2.08. The number of rotatable bonds is 4. The molecule has 0 amide bonds. The van der Waals surface area contributed by atoms with Crippen LogP contribution in [0, 0.1) is 0 Å². The van der Waals surface area contributed by atoms with Crippen molar-refractivity contribution in [1.29, 1.82) is 0 Å². The van der Waals surface area contributed by atoms with Gasteiger partial charge in [-0.05, 0) is 0 Å². The van der Waals surface area contributed by atoms with Crippen LogP contribution in [0.5, 0.6) is 0 Å². The standard InChI is InChI=1S/3C2H7NO4S2/c3*1-8(4,5)3-9(2,6)7/h2*1-2H3,(H,3,4,5);3H,1-2H3. The van der Waals surface area contributed by atoms with E-state index in [4.69, 9.17) is 9.11 Å². The topological polar surface area (TPSA) is 248 Å². The van der Waals surface area contributed by atoms with Crippen LogP contribution in [0.3, 0.4) is 0 Å². The van der Waals surface area contributed by atoms with Gasteiger partial charge in [-0.15, -0.1) is 4.13 Å². The molecule has 0 radical (unpaired) electrons. The van der Waals surface area contributed by atoms with Crippen molar-refractivity contribution in [3.63, 3.8) is 0 Å². The van der Waals surface area contributed by atoms with Crippen LogP contribution in [0.25, 0.3) is 0 Å². The minimum absolute atomic E-state index is 0.756. The zero-order valence-electron chi connectivity index (χ0n) is 14.8. The van der Waals surface area contributed by atoms with Crippen molar-refractivity contribution in [2.75, 3.05) is 37.5 Å². The number of hydrogen-bond acceptors (Lipinski definition) is 10. The first-order valence-electron chi connectivity index (χ1n) is 5.62. The Hall–Kier alpha value is -0.420. The van der Waals surface area contributed by atoms with Crippen LogP contribution in [-0.2, 0) is 60.1 Å². The molecule has 27 heavy (non-hydrogen) atoms. The maximum absolute atomic E-state index is 10.2. The first-order chi connectivity index (χ1) is 11.1. The second-order valence-corrected chi connectivity index (χ2v) is 15.7. The van der Waals surface area contributed by atoms with Gasteiger partial charge in [0.1, 0.15) is 0 Å². The van der Waals surface area contributed by atoms with E-state index in [9.17, 15) is 42.1 Å². The van der Waals surface area contributed by atoms with Crippen LogP contribution < -0.4 is 4.13 Å². The molecule has 2 atom stereocenters. The second kappa shape index (κ2) is 10.4. The van der Waals surface area contributed by atoms with Gasteiger partial charge < -0.3 is 0 Å². The molecule has 0 aliphatic rings. The molecule has 0 spiro atoms. The number of nitrogens with one attached hydrogen (secondary N) is 1. The summed E-state index contributed by atoms with van der Waals surface area (Å²) in [4.78, 5) is 0. The Labute approximate surface area is 160 Å². The molecule has 0 aliphatic heterocycles. The van der Waals surface area contributed by atoms with Crippen molar-refractivity contribution in [2.24, 2.45) is 7.54 Å². The summed E-state index contributed by atoms with van der Waals surface area (Å²) in [5.74, 6) is 0. The van der Waals surface area contributed by atoms with Gasteiger partial charge in [-0.3, -0.25) is 9.11 Å². The molecule has 0 aliphatic carbocycles. The SMILES string of the molecule is CS(=O)(=O)N=S(C)(=O)O.CS(=O)(=O)N=S(C)(=O)O.CS(=O)(=O)NS(C)(=O)=O. The molecule has 0 saturated carbocycles. The molecular weight excluding hydrogens is 498 g/mol. The van der Waals surface area contributed by atoms with E-state index in [2.05, 4.69) is 7.54 Å². The van der Waals surface area contributed by atoms with Gasteiger partial charge in [-0.1, -0.05) is 7.54 Å². The second-order valence-electron chi connectivity index (χ2n) is 4.77. The molecule has 21 heteroatoms. The smallest absolute Gasteiger partial charge is 0.259 e. The largest absolute Gasteiger partial charge is 0.300 e. The van der Waals surface area contributed by atoms with Gasteiger partial charge in [0.05, 0.1) is 25.0 Å². The highest BCUT2D eigenvalue weighted by Crippen LogP contribution is 1.91. The summed E-state index contributed by atoms with van der Waals surface area (Å²) in [5.41, 5.74) is 0. The summed E-state index contributed by atoms with van der Waals surface area (Å²) in [6.45, 7) is 0. The van der Waals surface area contributed by atoms with Gasteiger partial charge in [0.25, 0.3) is 20.0 Å². The highest BCUT2D eigenvalue weighted by molar-refractivity contribution is 8.04. The van der Waals surface area contributed by atoms with Gasteiger partial charge in [-0.2, -0.15) is 0 Å². The maximum Gasteiger partial charge on any atom is 0.259 e. The van der Waals surface area contributed by atoms with Crippen LogP contribution in [-0.4, -0.2) is 88.7 Å². The van der Waals surface area contributed by atoms with Crippen LogP contribution >= 0.6 is 0 Å². The Morgan fingerprint density at radius 1 is 0.519 bits per heavy atom. The van der Waals surface area contributed by atoms with E-state index in [1.807, 2.05) is 0 Å². The molecule has 3 N–H and O–H groups in total. The van der Waals surface area contributed by atoms with E-state index < -0.39 is 60.1 Å². The van der Waals surface area contributed by atoms with E-state index in [1.165, 1.54) is 4.13 Å². The van der Waals surface area contributed by atoms with Crippen molar-refractivity contribution in [3.8, 4) is 0 Å². The predicted octanol–water partition coefficient (Wildman–Crippen LogP) is -2.47. The fourth-order valence-electron chi connectivity index (χ4n) is 0.777. The monoisotopic (exact) mass is 519 g/mol. The quantitative estimate of drug-likeness (QED) is 0.349. The zero-order chi connectivity index (χ0) is 23.1. The van der Waals surface area contributed by atoms with E-state index in [-0.39, 0.29) is 0 Å². The molecule has 0 rings (SSSR count). The van der Waals surface area contributed by atoms with Crippen LogP contribution in [0.2, 0.25) is 0 Å². The molecule has 0 fully saturated rings. The first-order valence-corrected chi connectivity index (χ1v) is 16.9. The molecule has 0 aromatic carbocycles. The summed E-state index contributed by atoms with van der Waals surface area (Å²) in [6.07, 6.45) is 4.71. The molecule has 0 aromatic heterocycles. The Morgan fingerprint density at radius 2 is 0.704 bits per heavy atom. The Balaban J connectivity index is -0.000000320. The molecule has 15 nitrogen and oxygen atoms in total. The van der Waals surface area contributed by atoms with Crippen LogP contribution in [0.4, 0.5) is 0 Å². The third-order valence-corrected chi connectivity index (χ3v) is 7.65. The third-order valence-electron chi connectivity index (χ3n) is 0.850. The maximum atomic E-state index is 10.2. The summed E-state index contributed by atoms with van der Waals surface area (Å²) in [6, 6.07) is 0. The number of sulfonamides is 4. The molecule has 2 unspecified atom stereocenters. The van der Waals surface area contributed by atoms with Gasteiger partial charge >= 0.3 is 0 Å². The van der Waals surface area contributed by atoms with Crippen LogP contribution in [0.15, 0.2) is 7.54 Å². The fourth-order valence-corrected chi connectivity index (χ4v) is 7.00. The normalized spacial score (nSPS) is 16.9. The lowest BCUT2D eigenvalue weighted by molar-refractivity contribution is 0.555. The Kier molecular flexibility index (Phi) is 12.0. The van der Waals surface area contributed by atoms with E-state index in [1.54, 1.807) is 0 Å².